The van der Waals surface area contributed by atoms with Crippen LogP contribution in [0, 0.1) is 0 Å². The van der Waals surface area contributed by atoms with E-state index >= 15 is 0 Å². The minimum atomic E-state index is -0.0487. The summed E-state index contributed by atoms with van der Waals surface area (Å²) < 4.78 is 5.34. The maximum Gasteiger partial charge on any atom is 0.321 e. The fraction of sp³-hybridized carbons (Fsp3) is 0.458. The van der Waals surface area contributed by atoms with Crippen molar-refractivity contribution < 1.29 is 9.53 Å². The molecular formula is C24H29N5O2S2. The predicted molar refractivity (Wildman–Crippen MR) is 136 cm³/mol. The number of rotatable bonds is 5. The fourth-order valence-corrected chi connectivity index (χ4v) is 6.28. The highest BCUT2D eigenvalue weighted by Crippen LogP contribution is 2.40. The minimum Gasteiger partial charge on any atom is -0.377 e. The number of thiophene rings is 1. The van der Waals surface area contributed by atoms with Gasteiger partial charge in [-0.1, -0.05) is 0 Å². The molecule has 1 aliphatic carbocycles. The molecule has 1 saturated heterocycles. The zero-order valence-electron chi connectivity index (χ0n) is 19.1. The highest BCUT2D eigenvalue weighted by atomic mass is 32.2. The van der Waals surface area contributed by atoms with Crippen LogP contribution in [0.2, 0.25) is 0 Å². The van der Waals surface area contributed by atoms with Gasteiger partial charge in [0.1, 0.15) is 17.3 Å². The lowest BCUT2D eigenvalue weighted by atomic mass is 9.97. The number of anilines is 2. The van der Waals surface area contributed by atoms with E-state index in [2.05, 4.69) is 10.2 Å². The second-order valence-electron chi connectivity index (χ2n) is 8.42. The molecule has 0 spiro atoms. The average Bonchev–Trinajstić information content (AvgIpc) is 3.23. The van der Waals surface area contributed by atoms with Gasteiger partial charge < -0.3 is 19.9 Å². The summed E-state index contributed by atoms with van der Waals surface area (Å²) in [6.45, 7) is 3.23. The molecule has 0 saturated carbocycles. The van der Waals surface area contributed by atoms with E-state index < -0.39 is 0 Å². The Hall–Kier alpha value is -2.36. The Morgan fingerprint density at radius 3 is 2.61 bits per heavy atom. The zero-order valence-corrected chi connectivity index (χ0v) is 20.7. The van der Waals surface area contributed by atoms with E-state index in [1.54, 1.807) is 18.9 Å². The summed E-state index contributed by atoms with van der Waals surface area (Å²) in [6.07, 6.45) is 6.77. The molecule has 1 N–H and O–H groups in total. The normalized spacial score (nSPS) is 16.2. The van der Waals surface area contributed by atoms with Crippen LogP contribution < -0.4 is 10.2 Å². The number of benzene rings is 1. The molecule has 174 valence electrons. The SMILES string of the molecule is COCc1nc(N2CCN(C(=O)Nc3ccc(SC)cc3)CC2)c2c3c(sc2n1)CCCC3. The number of nitrogens with zero attached hydrogens (tertiary/aromatic N) is 4. The lowest BCUT2D eigenvalue weighted by Crippen LogP contribution is -2.50. The number of nitrogens with one attached hydrogen (secondary N) is 1. The molecule has 0 atom stereocenters. The largest absolute Gasteiger partial charge is 0.377 e. The number of aryl methyl sites for hydroxylation is 2. The third kappa shape index (κ3) is 4.67. The number of fused-ring (bicyclic) bond motifs is 3. The first-order chi connectivity index (χ1) is 16.2. The number of thioether (sulfide) groups is 1. The van der Waals surface area contributed by atoms with E-state index in [1.807, 2.05) is 46.8 Å². The molecule has 2 aliphatic rings. The van der Waals surface area contributed by atoms with Gasteiger partial charge in [-0.05, 0) is 61.8 Å². The number of hydrogen-bond donors (Lipinski definition) is 1. The summed E-state index contributed by atoms with van der Waals surface area (Å²) in [4.78, 5) is 30.5. The van der Waals surface area contributed by atoms with Crippen LogP contribution in [0.4, 0.5) is 16.3 Å². The van der Waals surface area contributed by atoms with Crippen LogP contribution in [0.5, 0.6) is 0 Å². The summed E-state index contributed by atoms with van der Waals surface area (Å²) in [6, 6.07) is 7.91. The van der Waals surface area contributed by atoms with Crippen molar-refractivity contribution in [2.45, 2.75) is 37.2 Å². The molecule has 33 heavy (non-hydrogen) atoms. The van der Waals surface area contributed by atoms with Gasteiger partial charge in [0.15, 0.2) is 5.82 Å². The molecule has 2 aromatic heterocycles. The number of aromatic nitrogens is 2. The third-order valence-electron chi connectivity index (χ3n) is 6.32. The van der Waals surface area contributed by atoms with Crippen molar-refractivity contribution in [1.82, 2.24) is 14.9 Å². The van der Waals surface area contributed by atoms with Crippen molar-refractivity contribution in [3.05, 3.63) is 40.5 Å². The van der Waals surface area contributed by atoms with Gasteiger partial charge in [0.2, 0.25) is 0 Å². The van der Waals surface area contributed by atoms with Crippen LogP contribution in [0.15, 0.2) is 29.2 Å². The summed E-state index contributed by atoms with van der Waals surface area (Å²) in [5, 5.41) is 4.25. The Morgan fingerprint density at radius 1 is 1.12 bits per heavy atom. The van der Waals surface area contributed by atoms with Gasteiger partial charge in [-0.25, -0.2) is 14.8 Å². The first-order valence-electron chi connectivity index (χ1n) is 11.4. The highest BCUT2D eigenvalue weighted by Gasteiger charge is 2.27. The predicted octanol–water partition coefficient (Wildman–Crippen LogP) is 4.79. The summed E-state index contributed by atoms with van der Waals surface area (Å²) >= 11 is 3.51. The molecular weight excluding hydrogens is 454 g/mol. The Bertz CT molecular complexity index is 1140. The van der Waals surface area contributed by atoms with Crippen LogP contribution in [-0.4, -0.2) is 60.4 Å². The molecule has 3 aromatic rings. The number of amides is 2. The second kappa shape index (κ2) is 9.87. The molecule has 1 aromatic carbocycles. The second-order valence-corrected chi connectivity index (χ2v) is 10.4. The van der Waals surface area contributed by atoms with Gasteiger partial charge in [0, 0.05) is 48.7 Å². The van der Waals surface area contributed by atoms with E-state index in [0.717, 1.165) is 48.1 Å². The maximum atomic E-state index is 12.8. The lowest BCUT2D eigenvalue weighted by molar-refractivity contribution is 0.178. The Morgan fingerprint density at radius 2 is 1.88 bits per heavy atom. The molecule has 0 radical (unpaired) electrons. The first kappa shape index (κ1) is 22.4. The number of methoxy groups -OCH3 is 1. The maximum absolute atomic E-state index is 12.8. The Kier molecular flexibility index (Phi) is 6.71. The van der Waals surface area contributed by atoms with E-state index in [4.69, 9.17) is 14.7 Å². The molecule has 0 unspecified atom stereocenters. The van der Waals surface area contributed by atoms with Crippen molar-refractivity contribution in [3.8, 4) is 0 Å². The molecule has 5 rings (SSSR count). The Labute approximate surface area is 202 Å². The highest BCUT2D eigenvalue weighted by molar-refractivity contribution is 7.98. The van der Waals surface area contributed by atoms with Crippen LogP contribution in [0.1, 0.15) is 29.1 Å². The number of carbonyl (C=O) groups is 1. The molecule has 9 heteroatoms. The fourth-order valence-electron chi connectivity index (χ4n) is 4.60. The molecule has 7 nitrogen and oxygen atoms in total. The van der Waals surface area contributed by atoms with Crippen molar-refractivity contribution >= 4 is 50.9 Å². The van der Waals surface area contributed by atoms with Crippen molar-refractivity contribution in [2.24, 2.45) is 0 Å². The summed E-state index contributed by atoms with van der Waals surface area (Å²) in [5.74, 6) is 1.74. The smallest absolute Gasteiger partial charge is 0.321 e. The van der Waals surface area contributed by atoms with Crippen LogP contribution in [0.3, 0.4) is 0 Å². The number of hydrogen-bond acceptors (Lipinski definition) is 7. The van der Waals surface area contributed by atoms with Crippen molar-refractivity contribution in [1.29, 1.82) is 0 Å². The minimum absolute atomic E-state index is 0.0487. The standard InChI is InChI=1S/C24H29N5O2S2/c1-31-15-20-26-22(21-18-5-3-4-6-19(18)33-23(21)27-20)28-11-13-29(14-12-28)24(30)25-16-7-9-17(32-2)10-8-16/h7-10H,3-6,11-15H2,1-2H3,(H,25,30). The number of urea groups is 1. The average molecular weight is 484 g/mol. The van der Waals surface area contributed by atoms with E-state index in [0.29, 0.717) is 19.7 Å². The lowest BCUT2D eigenvalue weighted by Gasteiger charge is -2.36. The van der Waals surface area contributed by atoms with Gasteiger partial charge in [0.05, 0.1) is 5.39 Å². The molecule has 3 heterocycles. The molecule has 0 bridgehead atoms. The van der Waals surface area contributed by atoms with Gasteiger partial charge in [-0.3, -0.25) is 0 Å². The van der Waals surface area contributed by atoms with E-state index in [9.17, 15) is 4.79 Å². The number of carbonyl (C=O) groups excluding carboxylic acids is 1. The van der Waals surface area contributed by atoms with E-state index in [-0.39, 0.29) is 6.03 Å². The van der Waals surface area contributed by atoms with Crippen LogP contribution in [0.25, 0.3) is 10.2 Å². The van der Waals surface area contributed by atoms with Crippen molar-refractivity contribution in [3.63, 3.8) is 0 Å². The van der Waals surface area contributed by atoms with Gasteiger partial charge in [0.25, 0.3) is 0 Å². The quantitative estimate of drug-likeness (QED) is 0.526. The number of ether oxygens (including phenoxy) is 1. The summed E-state index contributed by atoms with van der Waals surface area (Å²) in [7, 11) is 1.68. The van der Waals surface area contributed by atoms with Crippen molar-refractivity contribution in [2.75, 3.05) is 49.8 Å². The van der Waals surface area contributed by atoms with E-state index in [1.165, 1.54) is 33.6 Å². The topological polar surface area (TPSA) is 70.6 Å². The third-order valence-corrected chi connectivity index (χ3v) is 8.25. The monoisotopic (exact) mass is 483 g/mol. The Balaban J connectivity index is 1.33. The zero-order chi connectivity index (χ0) is 22.8. The summed E-state index contributed by atoms with van der Waals surface area (Å²) in [5.41, 5.74) is 2.26. The van der Waals surface area contributed by atoms with Gasteiger partial charge in [-0.15, -0.1) is 23.1 Å². The molecule has 1 aliphatic heterocycles. The van der Waals surface area contributed by atoms with Gasteiger partial charge in [-0.2, -0.15) is 0 Å². The van der Waals surface area contributed by atoms with Gasteiger partial charge >= 0.3 is 6.03 Å². The first-order valence-corrected chi connectivity index (χ1v) is 13.5. The van der Waals surface area contributed by atoms with Crippen LogP contribution in [-0.2, 0) is 24.2 Å². The number of piperazine rings is 1. The molecule has 1 fully saturated rings. The van der Waals surface area contributed by atoms with Crippen LogP contribution >= 0.6 is 23.1 Å². The molecule has 2 amide bonds.